The Morgan fingerprint density at radius 1 is 1.03 bits per heavy atom. The van der Waals surface area contributed by atoms with Gasteiger partial charge in [0, 0.05) is 29.9 Å². The SMILES string of the molecule is CCc1oc2cc(OCCc3ccccc3)ccc2c1C(=O)c1cc(Br)c(O)c(Br)c1. The summed E-state index contributed by atoms with van der Waals surface area (Å²) in [4.78, 5) is 13.3. The first-order chi connectivity index (χ1) is 15.0. The van der Waals surface area contributed by atoms with Crippen LogP contribution in [0.2, 0.25) is 0 Å². The van der Waals surface area contributed by atoms with E-state index in [0.717, 1.165) is 11.8 Å². The number of fused-ring (bicyclic) bond motifs is 1. The fraction of sp³-hybridized carbons (Fsp3) is 0.160. The Kier molecular flexibility index (Phi) is 6.49. The van der Waals surface area contributed by atoms with Crippen molar-refractivity contribution >= 4 is 48.6 Å². The van der Waals surface area contributed by atoms with Crippen LogP contribution in [0, 0.1) is 0 Å². The van der Waals surface area contributed by atoms with Crippen molar-refractivity contribution in [3.63, 3.8) is 0 Å². The van der Waals surface area contributed by atoms with Crippen molar-refractivity contribution in [2.75, 3.05) is 6.61 Å². The van der Waals surface area contributed by atoms with Crippen LogP contribution in [0.25, 0.3) is 11.0 Å². The smallest absolute Gasteiger partial charge is 0.197 e. The van der Waals surface area contributed by atoms with Crippen LogP contribution in [0.4, 0.5) is 0 Å². The molecule has 3 aromatic carbocycles. The van der Waals surface area contributed by atoms with Crippen LogP contribution in [0.5, 0.6) is 11.5 Å². The van der Waals surface area contributed by atoms with Crippen molar-refractivity contribution in [3.8, 4) is 11.5 Å². The molecular formula is C25H20Br2O4. The molecule has 1 aromatic heterocycles. The lowest BCUT2D eigenvalue weighted by Crippen LogP contribution is -2.04. The van der Waals surface area contributed by atoms with Gasteiger partial charge >= 0.3 is 0 Å². The molecular weight excluding hydrogens is 524 g/mol. The number of benzene rings is 3. The van der Waals surface area contributed by atoms with Gasteiger partial charge in [0.2, 0.25) is 0 Å². The van der Waals surface area contributed by atoms with Gasteiger partial charge in [-0.05, 0) is 61.7 Å². The molecule has 0 bridgehead atoms. The summed E-state index contributed by atoms with van der Waals surface area (Å²) in [6, 6.07) is 19.0. The largest absolute Gasteiger partial charge is 0.506 e. The highest BCUT2D eigenvalue weighted by molar-refractivity contribution is 9.11. The molecule has 4 aromatic rings. The zero-order valence-corrected chi connectivity index (χ0v) is 20.0. The van der Waals surface area contributed by atoms with Crippen LogP contribution in [-0.2, 0) is 12.8 Å². The zero-order chi connectivity index (χ0) is 22.0. The van der Waals surface area contributed by atoms with Gasteiger partial charge in [-0.25, -0.2) is 0 Å². The molecule has 6 heteroatoms. The lowest BCUT2D eigenvalue weighted by atomic mass is 9.99. The Hall–Kier alpha value is -2.57. The minimum atomic E-state index is -0.158. The second kappa shape index (κ2) is 9.28. The molecule has 0 radical (unpaired) electrons. The van der Waals surface area contributed by atoms with E-state index in [4.69, 9.17) is 9.15 Å². The first kappa shape index (κ1) is 21.7. The van der Waals surface area contributed by atoms with Gasteiger partial charge in [0.05, 0.1) is 21.1 Å². The minimum absolute atomic E-state index is 0.0570. The quantitative estimate of drug-likeness (QED) is 0.253. The fourth-order valence-electron chi connectivity index (χ4n) is 3.49. The first-order valence-corrected chi connectivity index (χ1v) is 11.5. The highest BCUT2D eigenvalue weighted by atomic mass is 79.9. The molecule has 0 spiro atoms. The van der Waals surface area contributed by atoms with E-state index < -0.39 is 0 Å². The predicted molar refractivity (Wildman–Crippen MR) is 128 cm³/mol. The van der Waals surface area contributed by atoms with Gasteiger partial charge in [0.15, 0.2) is 5.78 Å². The molecule has 0 saturated carbocycles. The molecule has 0 aliphatic heterocycles. The number of carbonyl (C=O) groups is 1. The Bertz CT molecular complexity index is 1220. The second-order valence-corrected chi connectivity index (χ2v) is 8.82. The number of rotatable bonds is 7. The number of ketones is 1. The van der Waals surface area contributed by atoms with Crippen LogP contribution < -0.4 is 4.74 Å². The van der Waals surface area contributed by atoms with E-state index in [1.807, 2.05) is 43.3 Å². The van der Waals surface area contributed by atoms with Gasteiger partial charge in [-0.3, -0.25) is 4.79 Å². The number of hydrogen-bond acceptors (Lipinski definition) is 4. The number of ether oxygens (including phenoxy) is 1. The highest BCUT2D eigenvalue weighted by Crippen LogP contribution is 2.36. The molecule has 0 atom stereocenters. The van der Waals surface area contributed by atoms with E-state index in [2.05, 4.69) is 44.0 Å². The van der Waals surface area contributed by atoms with E-state index in [-0.39, 0.29) is 11.5 Å². The molecule has 0 saturated heterocycles. The van der Waals surface area contributed by atoms with Gasteiger partial charge in [-0.15, -0.1) is 0 Å². The van der Waals surface area contributed by atoms with E-state index in [1.165, 1.54) is 5.56 Å². The van der Waals surface area contributed by atoms with E-state index in [1.54, 1.807) is 12.1 Å². The monoisotopic (exact) mass is 542 g/mol. The Balaban J connectivity index is 1.61. The summed E-state index contributed by atoms with van der Waals surface area (Å²) in [5.74, 6) is 1.23. The number of aromatic hydroxyl groups is 1. The molecule has 0 amide bonds. The molecule has 4 nitrogen and oxygen atoms in total. The van der Waals surface area contributed by atoms with Crippen LogP contribution in [-0.4, -0.2) is 17.5 Å². The maximum Gasteiger partial charge on any atom is 0.197 e. The van der Waals surface area contributed by atoms with Crippen LogP contribution in [0.15, 0.2) is 74.0 Å². The summed E-state index contributed by atoms with van der Waals surface area (Å²) >= 11 is 6.58. The summed E-state index contributed by atoms with van der Waals surface area (Å²) < 4.78 is 12.8. The van der Waals surface area contributed by atoms with E-state index >= 15 is 0 Å². The molecule has 158 valence electrons. The van der Waals surface area contributed by atoms with Gasteiger partial charge in [-0.1, -0.05) is 37.3 Å². The summed E-state index contributed by atoms with van der Waals surface area (Å²) in [6.45, 7) is 2.51. The lowest BCUT2D eigenvalue weighted by Gasteiger charge is -2.07. The normalized spacial score (nSPS) is 11.1. The van der Waals surface area contributed by atoms with Gasteiger partial charge < -0.3 is 14.3 Å². The van der Waals surface area contributed by atoms with Crippen molar-refractivity contribution in [2.24, 2.45) is 0 Å². The Morgan fingerprint density at radius 2 is 1.74 bits per heavy atom. The standard InChI is InChI=1S/C25H20Br2O4/c1-2-21-23(24(28)16-12-19(26)25(29)20(27)13-16)18-9-8-17(14-22(18)31-21)30-11-10-15-6-4-3-5-7-15/h3-9,12-14,29H,2,10-11H2,1H3. The lowest BCUT2D eigenvalue weighted by molar-refractivity contribution is 0.103. The first-order valence-electron chi connectivity index (χ1n) is 9.92. The number of aryl methyl sites for hydroxylation is 1. The summed E-state index contributed by atoms with van der Waals surface area (Å²) in [7, 11) is 0. The van der Waals surface area contributed by atoms with Crippen LogP contribution in [0.1, 0.15) is 34.2 Å². The average Bonchev–Trinajstić information content (AvgIpc) is 3.15. The average molecular weight is 544 g/mol. The predicted octanol–water partition coefficient (Wildman–Crippen LogP) is 7.08. The number of phenols is 1. The maximum atomic E-state index is 13.3. The summed E-state index contributed by atoms with van der Waals surface area (Å²) in [5.41, 5.74) is 2.83. The van der Waals surface area contributed by atoms with Crippen molar-refractivity contribution in [3.05, 3.63) is 92.1 Å². The van der Waals surface area contributed by atoms with E-state index in [0.29, 0.717) is 50.2 Å². The number of carbonyl (C=O) groups excluding carboxylic acids is 1. The van der Waals surface area contributed by atoms with Gasteiger partial charge in [-0.2, -0.15) is 0 Å². The molecule has 4 rings (SSSR count). The van der Waals surface area contributed by atoms with E-state index in [9.17, 15) is 9.90 Å². The molecule has 1 N–H and O–H groups in total. The highest BCUT2D eigenvalue weighted by Gasteiger charge is 2.23. The van der Waals surface area contributed by atoms with Crippen molar-refractivity contribution in [1.29, 1.82) is 0 Å². The number of hydrogen-bond donors (Lipinski definition) is 1. The maximum absolute atomic E-state index is 13.3. The third kappa shape index (κ3) is 4.55. The summed E-state index contributed by atoms with van der Waals surface area (Å²) in [6.07, 6.45) is 1.39. The fourth-order valence-corrected chi connectivity index (χ4v) is 4.67. The van der Waals surface area contributed by atoms with Gasteiger partial charge in [0.1, 0.15) is 22.8 Å². The zero-order valence-electron chi connectivity index (χ0n) is 16.8. The van der Waals surface area contributed by atoms with Crippen LogP contribution >= 0.6 is 31.9 Å². The Labute approximate surface area is 197 Å². The van der Waals surface area contributed by atoms with Crippen molar-refractivity contribution < 1.29 is 19.1 Å². The minimum Gasteiger partial charge on any atom is -0.506 e. The molecule has 0 aliphatic carbocycles. The Morgan fingerprint density at radius 3 is 2.42 bits per heavy atom. The molecule has 0 fully saturated rings. The third-order valence-corrected chi connectivity index (χ3v) is 6.27. The van der Waals surface area contributed by atoms with Gasteiger partial charge in [0.25, 0.3) is 0 Å². The molecule has 31 heavy (non-hydrogen) atoms. The second-order valence-electron chi connectivity index (χ2n) is 7.11. The number of phenolic OH excluding ortho intramolecular Hbond substituents is 1. The van der Waals surface area contributed by atoms with Crippen molar-refractivity contribution in [1.82, 2.24) is 0 Å². The number of furan rings is 1. The number of halogens is 2. The summed E-state index contributed by atoms with van der Waals surface area (Å²) in [5, 5.41) is 10.7. The molecule has 0 aliphatic rings. The third-order valence-electron chi connectivity index (χ3n) is 5.06. The topological polar surface area (TPSA) is 59.7 Å². The molecule has 1 heterocycles. The molecule has 0 unspecified atom stereocenters. The van der Waals surface area contributed by atoms with Crippen LogP contribution in [0.3, 0.4) is 0 Å². The van der Waals surface area contributed by atoms with Crippen molar-refractivity contribution in [2.45, 2.75) is 19.8 Å².